The fraction of sp³-hybridized carbons (Fsp3) is 0.650. The van der Waals surface area contributed by atoms with Crippen molar-refractivity contribution in [2.24, 2.45) is 0 Å². The summed E-state index contributed by atoms with van der Waals surface area (Å²) >= 11 is 0. The van der Waals surface area contributed by atoms with Gasteiger partial charge in [0.25, 0.3) is 0 Å². The maximum Gasteiger partial charge on any atom is 0.472 e. The number of hydrogen-bond donors (Lipinski definition) is 5. The molecule has 16 heteroatoms. The van der Waals surface area contributed by atoms with Crippen molar-refractivity contribution in [3.63, 3.8) is 0 Å². The molecule has 5 rings (SSSR count). The zero-order valence-electron chi connectivity index (χ0n) is 32.4. The first-order chi connectivity index (χ1) is 27.1. The van der Waals surface area contributed by atoms with Crippen molar-refractivity contribution >= 4 is 24.8 Å². The number of benzene rings is 1. The number of hydrogen-bond acceptors (Lipinski definition) is 13. The molecule has 7 atom stereocenters. The summed E-state index contributed by atoms with van der Waals surface area (Å²) in [6, 6.07) is 13.2. The predicted octanol–water partition coefficient (Wildman–Crippen LogP) is 6.67. The topological polar surface area (TPSA) is 230 Å². The molecule has 0 radical (unpaired) electrons. The Morgan fingerprint density at radius 1 is 0.982 bits per heavy atom. The maximum absolute atomic E-state index is 13.2. The molecule has 15 nitrogen and oxygen atoms in total. The first kappa shape index (κ1) is 43.5. The van der Waals surface area contributed by atoms with Crippen LogP contribution in [0.5, 0.6) is 0 Å². The lowest BCUT2D eigenvalue weighted by atomic mass is 9.90. The standard InChI is InChI=1S/C40H58N7O8P/c1-2-3-4-5-6-7-8-9-10-11-12-13-14-15-16-17-23-52-26-32(46-31-20-18-19-30(24-31)25-41)27-53-56(50,51)55-36-35-40(36,49)38(48)39(28-42,54-35)34-22-21-33-37(43)44-29-45-47(33)34/h18-22,24,29,32,35-36,38,46,48-49H,2-17,23,26-27H2,1H3,(H,50,51)(H2,43,44,45)/t32-,35-,36?,38+,39+,40+/m1/s1. The largest absolute Gasteiger partial charge is 0.472 e. The van der Waals surface area contributed by atoms with Crippen LogP contribution in [0.4, 0.5) is 11.5 Å². The number of unbranched alkanes of at least 4 members (excludes halogenated alkanes) is 15. The summed E-state index contributed by atoms with van der Waals surface area (Å²) in [5, 5.41) is 49.4. The van der Waals surface area contributed by atoms with E-state index in [1.54, 1.807) is 30.3 Å². The van der Waals surface area contributed by atoms with Crippen molar-refractivity contribution in [3.8, 4) is 12.1 Å². The Labute approximate surface area is 329 Å². The van der Waals surface area contributed by atoms with Crippen molar-refractivity contribution in [1.82, 2.24) is 14.6 Å². The van der Waals surface area contributed by atoms with Crippen molar-refractivity contribution in [2.45, 2.75) is 145 Å². The van der Waals surface area contributed by atoms with E-state index in [-0.39, 0.29) is 24.7 Å². The molecule has 3 heterocycles. The Kier molecular flexibility index (Phi) is 16.1. The number of fused-ring (bicyclic) bond motifs is 2. The van der Waals surface area contributed by atoms with E-state index in [4.69, 9.17) is 24.3 Å². The van der Waals surface area contributed by atoms with Crippen LogP contribution < -0.4 is 11.1 Å². The highest BCUT2D eigenvalue weighted by molar-refractivity contribution is 7.47. The number of nitrogens with two attached hydrogens (primary N) is 1. The molecule has 3 aromatic rings. The molecule has 0 amide bonds. The van der Waals surface area contributed by atoms with Gasteiger partial charge in [-0.05, 0) is 36.8 Å². The minimum atomic E-state index is -4.84. The SMILES string of the molecule is CCCCCCCCCCCCCCCCCCOC[C@H](COP(=O)(O)OC1[C@H]2O[C@@](C#N)(c3ccc4c(N)ncnn34)[C@H](O)[C@@]12O)Nc1cccc(C#N)c1. The molecule has 0 bridgehead atoms. The summed E-state index contributed by atoms with van der Waals surface area (Å²) in [6.07, 6.45) is 16.9. The fourth-order valence-electron chi connectivity index (χ4n) is 7.49. The molecule has 1 aliphatic carbocycles. The van der Waals surface area contributed by atoms with Gasteiger partial charge in [-0.1, -0.05) is 109 Å². The number of phosphoric acid groups is 1. The van der Waals surface area contributed by atoms with Gasteiger partial charge in [-0.25, -0.2) is 14.1 Å². The van der Waals surface area contributed by atoms with Gasteiger partial charge in [0.05, 0.1) is 36.6 Å². The van der Waals surface area contributed by atoms with E-state index < -0.39 is 43.4 Å². The van der Waals surface area contributed by atoms with Crippen LogP contribution in [0.1, 0.15) is 121 Å². The summed E-state index contributed by atoms with van der Waals surface area (Å²) in [7, 11) is -4.84. The summed E-state index contributed by atoms with van der Waals surface area (Å²) < 4.78 is 36.9. The number of aliphatic hydroxyl groups is 2. The van der Waals surface area contributed by atoms with Gasteiger partial charge < -0.3 is 35.6 Å². The second kappa shape index (κ2) is 20.7. The van der Waals surface area contributed by atoms with Crippen molar-refractivity contribution in [2.75, 3.05) is 30.9 Å². The smallest absolute Gasteiger partial charge is 0.385 e. The van der Waals surface area contributed by atoms with Crippen LogP contribution in [0, 0.1) is 22.7 Å². The summed E-state index contributed by atoms with van der Waals surface area (Å²) in [5.74, 6) is 0.131. The highest BCUT2D eigenvalue weighted by atomic mass is 31.2. The second-order valence-electron chi connectivity index (χ2n) is 15.0. The highest BCUT2D eigenvalue weighted by Gasteiger charge is 2.83. The average Bonchev–Trinajstić information content (AvgIpc) is 3.43. The number of rotatable bonds is 27. The van der Waals surface area contributed by atoms with Crippen LogP contribution in [0.15, 0.2) is 42.7 Å². The molecule has 56 heavy (non-hydrogen) atoms. The number of nitrogens with zero attached hydrogens (tertiary/aromatic N) is 5. The Morgan fingerprint density at radius 3 is 2.21 bits per heavy atom. The number of aliphatic hydroxyl groups excluding tert-OH is 1. The van der Waals surface area contributed by atoms with Crippen LogP contribution in [0.25, 0.3) is 5.52 Å². The molecule has 1 aliphatic heterocycles. The molecule has 2 aliphatic rings. The third kappa shape index (κ3) is 10.9. The quantitative estimate of drug-likeness (QED) is 0.0401. The third-order valence-electron chi connectivity index (χ3n) is 10.8. The van der Waals surface area contributed by atoms with Gasteiger partial charge >= 0.3 is 7.82 Å². The molecule has 2 unspecified atom stereocenters. The summed E-state index contributed by atoms with van der Waals surface area (Å²) in [5.41, 5.74) is 3.12. The first-order valence-corrected chi connectivity index (χ1v) is 21.7. The molecule has 306 valence electrons. The van der Waals surface area contributed by atoms with E-state index in [0.717, 1.165) is 19.3 Å². The van der Waals surface area contributed by atoms with Gasteiger partial charge in [-0.3, -0.25) is 9.05 Å². The number of anilines is 2. The number of nitrogens with one attached hydrogen (secondary N) is 1. The number of aromatic nitrogens is 3. The van der Waals surface area contributed by atoms with Gasteiger partial charge in [0.1, 0.15) is 36.2 Å². The van der Waals surface area contributed by atoms with E-state index >= 15 is 0 Å². The van der Waals surface area contributed by atoms with Crippen LogP contribution >= 0.6 is 7.82 Å². The molecule has 1 saturated carbocycles. The van der Waals surface area contributed by atoms with Gasteiger partial charge in [0.2, 0.25) is 5.60 Å². The van der Waals surface area contributed by atoms with Crippen molar-refractivity contribution in [3.05, 3.63) is 54.0 Å². The minimum absolute atomic E-state index is 0.0911. The lowest BCUT2D eigenvalue weighted by Crippen LogP contribution is -2.47. The summed E-state index contributed by atoms with van der Waals surface area (Å²) in [4.78, 5) is 14.6. The van der Waals surface area contributed by atoms with Gasteiger partial charge in [-0.15, -0.1) is 0 Å². The molecular weight excluding hydrogens is 737 g/mol. The van der Waals surface area contributed by atoms with Crippen LogP contribution in [0.2, 0.25) is 0 Å². The Morgan fingerprint density at radius 2 is 1.62 bits per heavy atom. The predicted molar refractivity (Wildman–Crippen MR) is 210 cm³/mol. The van der Waals surface area contributed by atoms with Crippen molar-refractivity contribution in [1.29, 1.82) is 10.5 Å². The van der Waals surface area contributed by atoms with E-state index in [0.29, 0.717) is 23.4 Å². The maximum atomic E-state index is 13.2. The number of phosphoric ester groups is 1. The molecular formula is C40H58N7O8P. The zero-order valence-corrected chi connectivity index (χ0v) is 33.3. The Hall–Kier alpha value is -3.63. The number of ether oxygens (including phenoxy) is 2. The lowest BCUT2D eigenvalue weighted by molar-refractivity contribution is -0.105. The summed E-state index contributed by atoms with van der Waals surface area (Å²) in [6.45, 7) is 2.57. The average molecular weight is 796 g/mol. The molecule has 2 fully saturated rings. The Bertz CT molecular complexity index is 1830. The lowest BCUT2D eigenvalue weighted by Gasteiger charge is -2.29. The van der Waals surface area contributed by atoms with Gasteiger partial charge in [0.15, 0.2) is 11.4 Å². The number of nitrogen functional groups attached to an aromatic ring is 1. The van der Waals surface area contributed by atoms with E-state index in [1.165, 1.54) is 100 Å². The first-order valence-electron chi connectivity index (χ1n) is 20.2. The minimum Gasteiger partial charge on any atom is -0.385 e. The fourth-order valence-corrected chi connectivity index (χ4v) is 8.49. The molecule has 0 spiro atoms. The van der Waals surface area contributed by atoms with Crippen LogP contribution in [-0.4, -0.2) is 79.5 Å². The van der Waals surface area contributed by atoms with Crippen LogP contribution in [-0.2, 0) is 28.7 Å². The number of nitriles is 2. The van der Waals surface area contributed by atoms with Crippen molar-refractivity contribution < 1.29 is 38.2 Å². The Balaban J connectivity index is 1.03. The molecule has 1 aromatic carbocycles. The third-order valence-corrected chi connectivity index (χ3v) is 11.7. The monoisotopic (exact) mass is 795 g/mol. The molecule has 6 N–H and O–H groups in total. The van der Waals surface area contributed by atoms with E-state index in [1.807, 2.05) is 6.07 Å². The second-order valence-corrected chi connectivity index (χ2v) is 16.4. The van der Waals surface area contributed by atoms with Gasteiger partial charge in [-0.2, -0.15) is 15.6 Å². The molecule has 1 saturated heterocycles. The normalized spacial score (nSPS) is 24.3. The van der Waals surface area contributed by atoms with E-state index in [2.05, 4.69) is 28.4 Å². The van der Waals surface area contributed by atoms with Gasteiger partial charge in [0, 0.05) is 12.3 Å². The zero-order chi connectivity index (χ0) is 40.0. The van der Waals surface area contributed by atoms with Crippen LogP contribution in [0.3, 0.4) is 0 Å². The van der Waals surface area contributed by atoms with E-state index in [9.17, 15) is 30.2 Å². The highest BCUT2D eigenvalue weighted by Crippen LogP contribution is 2.63. The molecule has 2 aromatic heterocycles.